The summed E-state index contributed by atoms with van der Waals surface area (Å²) in [5.74, 6) is 0. The first-order chi connectivity index (χ1) is 8.15. The highest BCUT2D eigenvalue weighted by Gasteiger charge is 2.20. The second-order valence-corrected chi connectivity index (χ2v) is 4.96. The van der Waals surface area contributed by atoms with Crippen molar-refractivity contribution in [2.24, 2.45) is 5.73 Å². The topological polar surface area (TPSA) is 58.9 Å². The van der Waals surface area contributed by atoms with Crippen LogP contribution in [0, 0.1) is 6.92 Å². The molecule has 0 saturated carbocycles. The van der Waals surface area contributed by atoms with E-state index in [4.69, 9.17) is 5.73 Å². The molecule has 3 heteroatoms. The number of pyridine rings is 1. The molecule has 0 saturated heterocycles. The maximum atomic E-state index is 12.4. The summed E-state index contributed by atoms with van der Waals surface area (Å²) in [6, 6.07) is 6.10. The van der Waals surface area contributed by atoms with Crippen molar-refractivity contribution in [2.45, 2.75) is 32.2 Å². The van der Waals surface area contributed by atoms with E-state index in [1.807, 2.05) is 25.1 Å². The van der Waals surface area contributed by atoms with Crippen LogP contribution in [-0.4, -0.2) is 11.0 Å². The smallest absolute Gasteiger partial charge is 0.192 e. The van der Waals surface area contributed by atoms with Gasteiger partial charge in [-0.25, -0.2) is 0 Å². The Kier molecular flexibility index (Phi) is 2.30. The number of H-pyrrole nitrogens is 1. The van der Waals surface area contributed by atoms with E-state index in [2.05, 4.69) is 4.98 Å². The number of aromatic amines is 1. The summed E-state index contributed by atoms with van der Waals surface area (Å²) in [5.41, 5.74) is 10.1. The molecular weight excluding hydrogens is 212 g/mol. The van der Waals surface area contributed by atoms with E-state index < -0.39 is 0 Å². The molecule has 0 amide bonds. The quantitative estimate of drug-likeness (QED) is 0.720. The Labute approximate surface area is 99.7 Å². The second kappa shape index (κ2) is 3.70. The van der Waals surface area contributed by atoms with Crippen molar-refractivity contribution in [3.05, 3.63) is 45.2 Å². The van der Waals surface area contributed by atoms with Gasteiger partial charge in [0.1, 0.15) is 0 Å². The van der Waals surface area contributed by atoms with Gasteiger partial charge in [-0.2, -0.15) is 0 Å². The fourth-order valence-corrected chi connectivity index (χ4v) is 2.62. The first-order valence-corrected chi connectivity index (χ1v) is 6.05. The zero-order valence-electron chi connectivity index (χ0n) is 9.92. The maximum Gasteiger partial charge on any atom is 0.192 e. The lowest BCUT2D eigenvalue weighted by Crippen LogP contribution is -2.32. The van der Waals surface area contributed by atoms with E-state index in [1.165, 1.54) is 0 Å². The summed E-state index contributed by atoms with van der Waals surface area (Å²) in [5, 5.41) is 0.790. The minimum Gasteiger partial charge on any atom is -0.358 e. The number of fused-ring (bicyclic) bond motifs is 2. The van der Waals surface area contributed by atoms with Crippen LogP contribution in [0.15, 0.2) is 23.0 Å². The molecule has 2 aromatic rings. The molecule has 88 valence electrons. The predicted octanol–water partition coefficient (Wildman–Crippen LogP) is 1.65. The third-order valence-corrected chi connectivity index (χ3v) is 3.58. The Balaban J connectivity index is 2.33. The first-order valence-electron chi connectivity index (χ1n) is 6.05. The second-order valence-electron chi connectivity index (χ2n) is 4.96. The van der Waals surface area contributed by atoms with Crippen molar-refractivity contribution in [1.29, 1.82) is 0 Å². The lowest BCUT2D eigenvalue weighted by Gasteiger charge is -2.21. The normalized spacial score (nSPS) is 19.3. The Morgan fingerprint density at radius 3 is 3.06 bits per heavy atom. The summed E-state index contributed by atoms with van der Waals surface area (Å²) in [4.78, 5) is 15.8. The van der Waals surface area contributed by atoms with Crippen LogP contribution in [0.3, 0.4) is 0 Å². The molecule has 1 aromatic heterocycles. The summed E-state index contributed by atoms with van der Waals surface area (Å²) in [6.07, 6.45) is 2.55. The lowest BCUT2D eigenvalue weighted by molar-refractivity contribution is 0.566. The number of benzene rings is 1. The van der Waals surface area contributed by atoms with E-state index in [1.54, 1.807) is 0 Å². The Morgan fingerprint density at radius 1 is 1.41 bits per heavy atom. The summed E-state index contributed by atoms with van der Waals surface area (Å²) in [7, 11) is 0. The molecule has 0 spiro atoms. The predicted molar refractivity (Wildman–Crippen MR) is 69.3 cm³/mol. The van der Waals surface area contributed by atoms with Gasteiger partial charge >= 0.3 is 0 Å². The van der Waals surface area contributed by atoms with E-state index in [0.29, 0.717) is 6.42 Å². The summed E-state index contributed by atoms with van der Waals surface area (Å²) >= 11 is 0. The zero-order valence-corrected chi connectivity index (χ0v) is 9.92. The lowest BCUT2D eigenvalue weighted by atomic mass is 9.91. The fraction of sp³-hybridized carbons (Fsp3) is 0.357. The number of hydrogen-bond donors (Lipinski definition) is 2. The first kappa shape index (κ1) is 10.5. The SMILES string of the molecule is Cc1ccc2[nH]c3c(c(=O)c2c1)CC(N)CC3. The van der Waals surface area contributed by atoms with E-state index in [9.17, 15) is 4.79 Å². The molecule has 3 rings (SSSR count). The number of hydrogen-bond acceptors (Lipinski definition) is 2. The molecule has 0 bridgehead atoms. The van der Waals surface area contributed by atoms with Crippen molar-refractivity contribution < 1.29 is 0 Å². The molecule has 0 fully saturated rings. The van der Waals surface area contributed by atoms with Crippen molar-refractivity contribution in [3.63, 3.8) is 0 Å². The average Bonchev–Trinajstić information content (AvgIpc) is 2.32. The Hall–Kier alpha value is -1.61. The van der Waals surface area contributed by atoms with Crippen LogP contribution in [0.1, 0.15) is 23.2 Å². The number of nitrogens with one attached hydrogen (secondary N) is 1. The molecular formula is C14H16N2O. The molecule has 17 heavy (non-hydrogen) atoms. The molecule has 1 aliphatic rings. The number of aromatic nitrogens is 1. The van der Waals surface area contributed by atoms with Gasteiger partial charge < -0.3 is 10.7 Å². The number of aryl methyl sites for hydroxylation is 2. The Bertz CT molecular complexity index is 642. The van der Waals surface area contributed by atoms with Crippen molar-refractivity contribution in [2.75, 3.05) is 0 Å². The molecule has 1 unspecified atom stereocenters. The highest BCUT2D eigenvalue weighted by Crippen LogP contribution is 2.20. The molecule has 0 radical (unpaired) electrons. The van der Waals surface area contributed by atoms with Gasteiger partial charge in [0.15, 0.2) is 5.43 Å². The maximum absolute atomic E-state index is 12.4. The van der Waals surface area contributed by atoms with Crippen molar-refractivity contribution >= 4 is 10.9 Å². The van der Waals surface area contributed by atoms with Crippen LogP contribution in [0.5, 0.6) is 0 Å². The summed E-state index contributed by atoms with van der Waals surface area (Å²) in [6.45, 7) is 2.00. The molecule has 0 aliphatic heterocycles. The molecule has 1 aromatic carbocycles. The van der Waals surface area contributed by atoms with Crippen LogP contribution in [-0.2, 0) is 12.8 Å². The van der Waals surface area contributed by atoms with Crippen molar-refractivity contribution in [1.82, 2.24) is 4.98 Å². The zero-order chi connectivity index (χ0) is 12.0. The molecule has 1 atom stereocenters. The van der Waals surface area contributed by atoms with Gasteiger partial charge in [-0.3, -0.25) is 4.79 Å². The molecule has 1 aliphatic carbocycles. The van der Waals surface area contributed by atoms with Crippen LogP contribution in [0.2, 0.25) is 0 Å². The van der Waals surface area contributed by atoms with Gasteiger partial charge in [0.25, 0.3) is 0 Å². The standard InChI is InChI=1S/C14H16N2O/c1-8-2-4-12-10(6-8)14(17)11-7-9(15)3-5-13(11)16-12/h2,4,6,9H,3,5,7,15H2,1H3,(H,16,17). The van der Waals surface area contributed by atoms with Gasteiger partial charge in [0.05, 0.1) is 0 Å². The van der Waals surface area contributed by atoms with E-state index in [-0.39, 0.29) is 11.5 Å². The minimum atomic E-state index is 0.130. The van der Waals surface area contributed by atoms with Gasteiger partial charge in [-0.05, 0) is 38.3 Å². The largest absolute Gasteiger partial charge is 0.358 e. The minimum absolute atomic E-state index is 0.130. The van der Waals surface area contributed by atoms with Crippen LogP contribution >= 0.6 is 0 Å². The van der Waals surface area contributed by atoms with Gasteiger partial charge in [0, 0.05) is 28.2 Å². The van der Waals surface area contributed by atoms with E-state index >= 15 is 0 Å². The van der Waals surface area contributed by atoms with Crippen LogP contribution in [0.4, 0.5) is 0 Å². The monoisotopic (exact) mass is 228 g/mol. The van der Waals surface area contributed by atoms with Gasteiger partial charge in [-0.1, -0.05) is 11.6 Å². The molecule has 3 nitrogen and oxygen atoms in total. The molecule has 1 heterocycles. The third kappa shape index (κ3) is 1.67. The van der Waals surface area contributed by atoms with Crippen LogP contribution < -0.4 is 11.2 Å². The average molecular weight is 228 g/mol. The Morgan fingerprint density at radius 2 is 2.24 bits per heavy atom. The van der Waals surface area contributed by atoms with E-state index in [0.717, 1.165) is 40.6 Å². The summed E-state index contributed by atoms with van der Waals surface area (Å²) < 4.78 is 0. The van der Waals surface area contributed by atoms with Gasteiger partial charge in [0.2, 0.25) is 0 Å². The van der Waals surface area contributed by atoms with Crippen LogP contribution in [0.25, 0.3) is 10.9 Å². The van der Waals surface area contributed by atoms with Gasteiger partial charge in [-0.15, -0.1) is 0 Å². The number of rotatable bonds is 0. The third-order valence-electron chi connectivity index (χ3n) is 3.58. The molecule has 3 N–H and O–H groups in total. The van der Waals surface area contributed by atoms with Crippen molar-refractivity contribution in [3.8, 4) is 0 Å². The highest BCUT2D eigenvalue weighted by molar-refractivity contribution is 5.80. The highest BCUT2D eigenvalue weighted by atomic mass is 16.1. The number of nitrogens with two attached hydrogens (primary N) is 1. The fourth-order valence-electron chi connectivity index (χ4n) is 2.62.